The normalized spacial score (nSPS) is 18.3. The van der Waals surface area contributed by atoms with Gasteiger partial charge in [-0.25, -0.2) is 4.98 Å². The predicted molar refractivity (Wildman–Crippen MR) is 92.8 cm³/mol. The number of anilines is 2. The van der Waals surface area contributed by atoms with Gasteiger partial charge in [-0.05, 0) is 12.8 Å². The summed E-state index contributed by atoms with van der Waals surface area (Å²) in [7, 11) is 1.92. The second kappa shape index (κ2) is 5.72. The Hall–Kier alpha value is -2.30. The minimum absolute atomic E-state index is 0.315. The lowest BCUT2D eigenvalue weighted by atomic mass is 10.1. The second-order valence-corrected chi connectivity index (χ2v) is 6.38. The van der Waals surface area contributed by atoms with Crippen LogP contribution < -0.4 is 10.2 Å². The minimum Gasteiger partial charge on any atom is -0.386 e. The molecule has 1 aliphatic heterocycles. The molecule has 2 aliphatic rings. The Bertz CT molecular complexity index is 733. The number of aromatic nitrogens is 1. The van der Waals surface area contributed by atoms with Gasteiger partial charge in [0.25, 0.3) is 0 Å². The average molecular weight is 310 g/mol. The van der Waals surface area contributed by atoms with Crippen molar-refractivity contribution in [3.63, 3.8) is 0 Å². The zero-order valence-electron chi connectivity index (χ0n) is 13.5. The van der Waals surface area contributed by atoms with Gasteiger partial charge in [0, 0.05) is 49.9 Å². The fraction of sp³-hybridized carbons (Fsp3) is 0.444. The molecule has 5 heteroatoms. The Balaban J connectivity index is 1.57. The summed E-state index contributed by atoms with van der Waals surface area (Å²) in [5.74, 6) is 1.70. The number of piperazine rings is 1. The summed E-state index contributed by atoms with van der Waals surface area (Å²) in [5.41, 5.74) is 1.05. The fourth-order valence-corrected chi connectivity index (χ4v) is 3.36. The van der Waals surface area contributed by atoms with Crippen LogP contribution in [0.15, 0.2) is 30.5 Å². The van der Waals surface area contributed by atoms with Crippen LogP contribution in [0.1, 0.15) is 12.8 Å². The van der Waals surface area contributed by atoms with E-state index >= 15 is 0 Å². The molecule has 1 N–H and O–H groups in total. The highest BCUT2D eigenvalue weighted by molar-refractivity contribution is 6.00. The van der Waals surface area contributed by atoms with E-state index in [4.69, 9.17) is 0 Å². The van der Waals surface area contributed by atoms with Gasteiger partial charge in [0.05, 0.1) is 11.9 Å². The number of carbonyl (C=O) groups is 1. The first kappa shape index (κ1) is 14.3. The van der Waals surface area contributed by atoms with Crippen molar-refractivity contribution >= 4 is 28.2 Å². The van der Waals surface area contributed by atoms with Gasteiger partial charge in [-0.1, -0.05) is 24.3 Å². The zero-order chi connectivity index (χ0) is 15.8. The molecule has 2 heterocycles. The molecule has 1 aliphatic carbocycles. The van der Waals surface area contributed by atoms with Crippen molar-refractivity contribution in [3.8, 4) is 0 Å². The van der Waals surface area contributed by atoms with Crippen LogP contribution in [0.25, 0.3) is 10.8 Å². The topological polar surface area (TPSA) is 48.5 Å². The Labute approximate surface area is 136 Å². The molecule has 0 atom stereocenters. The maximum atomic E-state index is 12.2. The van der Waals surface area contributed by atoms with Crippen LogP contribution in [0.2, 0.25) is 0 Å². The quantitative estimate of drug-likeness (QED) is 0.945. The molecule has 1 aromatic heterocycles. The van der Waals surface area contributed by atoms with Crippen LogP contribution in [0, 0.1) is 5.92 Å². The summed E-state index contributed by atoms with van der Waals surface area (Å²) in [6.07, 6.45) is 4.06. The molecule has 0 bridgehead atoms. The van der Waals surface area contributed by atoms with Crippen LogP contribution in [0.5, 0.6) is 0 Å². The SMILES string of the molecule is CNc1cnc(N2CCN(C(=O)C3CC3)CC2)c2ccccc12. The van der Waals surface area contributed by atoms with Gasteiger partial charge in [0.1, 0.15) is 5.82 Å². The zero-order valence-corrected chi connectivity index (χ0v) is 13.5. The molecule has 1 amide bonds. The highest BCUT2D eigenvalue weighted by atomic mass is 16.2. The number of hydrogen-bond acceptors (Lipinski definition) is 4. The Morgan fingerprint density at radius 2 is 1.83 bits per heavy atom. The standard InChI is InChI=1S/C18H22N4O/c1-19-16-12-20-17(15-5-3-2-4-14(15)16)21-8-10-22(11-9-21)18(23)13-6-7-13/h2-5,12-13,19H,6-11H2,1H3. The van der Waals surface area contributed by atoms with Crippen LogP contribution in [-0.4, -0.2) is 49.0 Å². The molecule has 1 aromatic carbocycles. The first-order valence-corrected chi connectivity index (χ1v) is 8.37. The maximum Gasteiger partial charge on any atom is 0.225 e. The van der Waals surface area contributed by atoms with E-state index in [9.17, 15) is 4.79 Å². The number of nitrogens with zero attached hydrogens (tertiary/aromatic N) is 3. The smallest absolute Gasteiger partial charge is 0.225 e. The average Bonchev–Trinajstić information content (AvgIpc) is 3.45. The van der Waals surface area contributed by atoms with Gasteiger partial charge in [-0.3, -0.25) is 4.79 Å². The number of nitrogens with one attached hydrogen (secondary N) is 1. The molecule has 4 rings (SSSR count). The Kier molecular flexibility index (Phi) is 3.56. The summed E-state index contributed by atoms with van der Waals surface area (Å²) < 4.78 is 0. The maximum absolute atomic E-state index is 12.2. The lowest BCUT2D eigenvalue weighted by Crippen LogP contribution is -2.49. The molecule has 1 saturated heterocycles. The highest BCUT2D eigenvalue weighted by Crippen LogP contribution is 2.33. The van der Waals surface area contributed by atoms with E-state index in [0.29, 0.717) is 11.8 Å². The van der Waals surface area contributed by atoms with Crippen molar-refractivity contribution < 1.29 is 4.79 Å². The number of hydrogen-bond donors (Lipinski definition) is 1. The molecule has 23 heavy (non-hydrogen) atoms. The minimum atomic E-state index is 0.315. The number of amides is 1. The van der Waals surface area contributed by atoms with Crippen LogP contribution in [0.4, 0.5) is 11.5 Å². The molecular formula is C18H22N4O. The lowest BCUT2D eigenvalue weighted by molar-refractivity contribution is -0.132. The third-order valence-corrected chi connectivity index (χ3v) is 4.86. The van der Waals surface area contributed by atoms with Crippen LogP contribution in [-0.2, 0) is 4.79 Å². The van der Waals surface area contributed by atoms with Crippen molar-refractivity contribution in [2.45, 2.75) is 12.8 Å². The molecule has 0 spiro atoms. The lowest BCUT2D eigenvalue weighted by Gasteiger charge is -2.36. The van der Waals surface area contributed by atoms with Crippen molar-refractivity contribution in [1.29, 1.82) is 0 Å². The van der Waals surface area contributed by atoms with E-state index in [0.717, 1.165) is 50.5 Å². The molecule has 0 unspecified atom stereocenters. The number of pyridine rings is 1. The van der Waals surface area contributed by atoms with Crippen LogP contribution in [0.3, 0.4) is 0 Å². The molecule has 120 valence electrons. The van der Waals surface area contributed by atoms with Gasteiger partial charge in [0.15, 0.2) is 0 Å². The molecule has 0 radical (unpaired) electrons. The monoisotopic (exact) mass is 310 g/mol. The highest BCUT2D eigenvalue weighted by Gasteiger charge is 2.34. The Morgan fingerprint density at radius 3 is 2.48 bits per heavy atom. The van der Waals surface area contributed by atoms with Gasteiger partial charge in [-0.2, -0.15) is 0 Å². The predicted octanol–water partition coefficient (Wildman–Crippen LogP) is 2.34. The third kappa shape index (κ3) is 2.60. The molecule has 2 fully saturated rings. The van der Waals surface area contributed by atoms with E-state index < -0.39 is 0 Å². The summed E-state index contributed by atoms with van der Waals surface area (Å²) in [6.45, 7) is 3.32. The van der Waals surface area contributed by atoms with E-state index in [1.165, 1.54) is 10.8 Å². The van der Waals surface area contributed by atoms with Gasteiger partial charge in [0.2, 0.25) is 5.91 Å². The molecule has 5 nitrogen and oxygen atoms in total. The van der Waals surface area contributed by atoms with Gasteiger partial charge < -0.3 is 15.1 Å². The fourth-order valence-electron chi connectivity index (χ4n) is 3.36. The molecule has 2 aromatic rings. The van der Waals surface area contributed by atoms with E-state index in [2.05, 4.69) is 39.5 Å². The van der Waals surface area contributed by atoms with Gasteiger partial charge >= 0.3 is 0 Å². The van der Waals surface area contributed by atoms with E-state index in [-0.39, 0.29) is 0 Å². The molecular weight excluding hydrogens is 288 g/mol. The first-order valence-electron chi connectivity index (χ1n) is 8.37. The summed E-state index contributed by atoms with van der Waals surface area (Å²) in [4.78, 5) is 21.2. The Morgan fingerprint density at radius 1 is 1.13 bits per heavy atom. The van der Waals surface area contributed by atoms with Crippen molar-refractivity contribution in [1.82, 2.24) is 9.88 Å². The van der Waals surface area contributed by atoms with Crippen molar-refractivity contribution in [2.75, 3.05) is 43.4 Å². The van der Waals surface area contributed by atoms with Crippen molar-refractivity contribution in [3.05, 3.63) is 30.5 Å². The summed E-state index contributed by atoms with van der Waals surface area (Å²) in [6, 6.07) is 8.36. The second-order valence-electron chi connectivity index (χ2n) is 6.38. The number of benzene rings is 1. The first-order chi connectivity index (χ1) is 11.3. The van der Waals surface area contributed by atoms with Crippen LogP contribution >= 0.6 is 0 Å². The van der Waals surface area contributed by atoms with Gasteiger partial charge in [-0.15, -0.1) is 0 Å². The summed E-state index contributed by atoms with van der Waals surface area (Å²) >= 11 is 0. The largest absolute Gasteiger partial charge is 0.386 e. The number of carbonyl (C=O) groups excluding carboxylic acids is 1. The number of fused-ring (bicyclic) bond motifs is 1. The van der Waals surface area contributed by atoms with Crippen molar-refractivity contribution in [2.24, 2.45) is 5.92 Å². The third-order valence-electron chi connectivity index (χ3n) is 4.86. The van der Waals surface area contributed by atoms with E-state index in [1.807, 2.05) is 18.1 Å². The summed E-state index contributed by atoms with van der Waals surface area (Å²) in [5, 5.41) is 5.57. The van der Waals surface area contributed by atoms with E-state index in [1.54, 1.807) is 0 Å². The molecule has 1 saturated carbocycles. The number of rotatable bonds is 3.